The predicted molar refractivity (Wildman–Crippen MR) is 143 cm³/mol. The number of anilines is 5. The van der Waals surface area contributed by atoms with Crippen LogP contribution in [0.4, 0.5) is 28.4 Å². The fraction of sp³-hybridized carbons (Fsp3) is 0.0345. The Morgan fingerprint density at radius 2 is 1.53 bits per heavy atom. The number of benzene rings is 3. The third-order valence-electron chi connectivity index (χ3n) is 5.74. The smallest absolute Gasteiger partial charge is 0.255 e. The standard InChI is InChI=1S/C29H22N6O/c1-19-16-24(33-23-10-13-31-14-11-23)7-9-26(19)35-29(36)21-3-5-22(6-4-21)34-28-12-15-32-27-8-2-20(18-30)17-25(27)28/h2-17H,1H3,(H,31,33)(H,32,34)(H,35,36). The molecule has 0 spiro atoms. The van der Waals surface area contributed by atoms with Crippen LogP contribution in [0.3, 0.4) is 0 Å². The summed E-state index contributed by atoms with van der Waals surface area (Å²) in [4.78, 5) is 21.2. The predicted octanol–water partition coefficient (Wildman–Crippen LogP) is 6.55. The molecule has 7 nitrogen and oxygen atoms in total. The minimum Gasteiger partial charge on any atom is -0.355 e. The van der Waals surface area contributed by atoms with E-state index in [2.05, 4.69) is 32.0 Å². The second-order valence-corrected chi connectivity index (χ2v) is 8.25. The first kappa shape index (κ1) is 22.6. The van der Waals surface area contributed by atoms with E-state index in [-0.39, 0.29) is 5.91 Å². The number of carbonyl (C=O) groups excluding carboxylic acids is 1. The molecule has 0 saturated heterocycles. The van der Waals surface area contributed by atoms with Gasteiger partial charge in [-0.1, -0.05) is 0 Å². The van der Waals surface area contributed by atoms with Gasteiger partial charge in [0.05, 0.1) is 17.1 Å². The fourth-order valence-corrected chi connectivity index (χ4v) is 3.86. The van der Waals surface area contributed by atoms with Crippen molar-refractivity contribution in [3.63, 3.8) is 0 Å². The van der Waals surface area contributed by atoms with Crippen molar-refractivity contribution in [3.8, 4) is 6.07 Å². The molecule has 3 N–H and O–H groups in total. The summed E-state index contributed by atoms with van der Waals surface area (Å²) in [6.45, 7) is 1.96. The van der Waals surface area contributed by atoms with E-state index in [4.69, 9.17) is 0 Å². The van der Waals surface area contributed by atoms with Crippen LogP contribution in [0.15, 0.2) is 97.5 Å². The maximum absolute atomic E-state index is 12.9. The zero-order valence-electron chi connectivity index (χ0n) is 19.5. The van der Waals surface area contributed by atoms with Gasteiger partial charge >= 0.3 is 0 Å². The monoisotopic (exact) mass is 470 g/mol. The molecule has 0 aliphatic carbocycles. The largest absolute Gasteiger partial charge is 0.355 e. The van der Waals surface area contributed by atoms with E-state index < -0.39 is 0 Å². The first-order valence-corrected chi connectivity index (χ1v) is 11.3. The number of hydrogen-bond acceptors (Lipinski definition) is 6. The topological polar surface area (TPSA) is 103 Å². The molecule has 7 heteroatoms. The van der Waals surface area contributed by atoms with Crippen LogP contribution >= 0.6 is 0 Å². The van der Waals surface area contributed by atoms with Gasteiger partial charge in [-0.05, 0) is 91.3 Å². The number of nitrogens with one attached hydrogen (secondary N) is 3. The van der Waals surface area contributed by atoms with Crippen molar-refractivity contribution in [1.82, 2.24) is 9.97 Å². The van der Waals surface area contributed by atoms with Crippen molar-refractivity contribution < 1.29 is 4.79 Å². The maximum atomic E-state index is 12.9. The van der Waals surface area contributed by atoms with Crippen LogP contribution in [0.1, 0.15) is 21.5 Å². The SMILES string of the molecule is Cc1cc(Nc2ccncc2)ccc1NC(=O)c1ccc(Nc2ccnc3ccc(C#N)cc23)cc1. The van der Waals surface area contributed by atoms with Gasteiger partial charge in [0.2, 0.25) is 0 Å². The average Bonchev–Trinajstić information content (AvgIpc) is 2.91. The third-order valence-corrected chi connectivity index (χ3v) is 5.74. The lowest BCUT2D eigenvalue weighted by Crippen LogP contribution is -2.12. The van der Waals surface area contributed by atoms with Crippen molar-refractivity contribution in [2.75, 3.05) is 16.0 Å². The summed E-state index contributed by atoms with van der Waals surface area (Å²) in [7, 11) is 0. The molecule has 2 heterocycles. The Hall–Kier alpha value is -5.22. The van der Waals surface area contributed by atoms with Crippen LogP contribution in [0.5, 0.6) is 0 Å². The molecule has 0 radical (unpaired) electrons. The molecule has 2 aromatic heterocycles. The number of nitrogens with zero attached hydrogens (tertiary/aromatic N) is 3. The van der Waals surface area contributed by atoms with Gasteiger partial charge in [0.25, 0.3) is 5.91 Å². The number of fused-ring (bicyclic) bond motifs is 1. The van der Waals surface area contributed by atoms with E-state index >= 15 is 0 Å². The van der Waals surface area contributed by atoms with Crippen molar-refractivity contribution in [1.29, 1.82) is 5.26 Å². The Kier molecular flexibility index (Phi) is 6.24. The van der Waals surface area contributed by atoms with Crippen molar-refractivity contribution >= 4 is 45.2 Å². The molecule has 174 valence electrons. The summed E-state index contributed by atoms with van der Waals surface area (Å²) in [5.74, 6) is -0.187. The van der Waals surface area contributed by atoms with Gasteiger partial charge in [-0.2, -0.15) is 5.26 Å². The molecule has 0 atom stereocenters. The molecule has 0 saturated carbocycles. The third kappa shape index (κ3) is 4.98. The lowest BCUT2D eigenvalue weighted by atomic mass is 10.1. The Labute approximate surface area is 208 Å². The second kappa shape index (κ2) is 9.95. The first-order valence-electron chi connectivity index (χ1n) is 11.3. The molecule has 1 amide bonds. The van der Waals surface area contributed by atoms with Crippen LogP contribution in [-0.2, 0) is 0 Å². The van der Waals surface area contributed by atoms with Gasteiger partial charge in [0, 0.05) is 58.0 Å². The second-order valence-electron chi connectivity index (χ2n) is 8.25. The number of hydrogen-bond donors (Lipinski definition) is 3. The van der Waals surface area contributed by atoms with E-state index in [0.717, 1.165) is 44.9 Å². The highest BCUT2D eigenvalue weighted by molar-refractivity contribution is 6.05. The zero-order chi connectivity index (χ0) is 24.9. The van der Waals surface area contributed by atoms with Crippen molar-refractivity contribution in [2.45, 2.75) is 6.92 Å². The van der Waals surface area contributed by atoms with E-state index in [1.165, 1.54) is 0 Å². The fourth-order valence-electron chi connectivity index (χ4n) is 3.86. The number of aromatic nitrogens is 2. The summed E-state index contributed by atoms with van der Waals surface area (Å²) in [6.07, 6.45) is 5.18. The van der Waals surface area contributed by atoms with Gasteiger partial charge in [-0.3, -0.25) is 14.8 Å². The Morgan fingerprint density at radius 3 is 2.28 bits per heavy atom. The van der Waals surface area contributed by atoms with Gasteiger partial charge in [0.15, 0.2) is 0 Å². The maximum Gasteiger partial charge on any atom is 0.255 e. The quantitative estimate of drug-likeness (QED) is 0.260. The Bertz CT molecular complexity index is 1590. The molecule has 0 aliphatic heterocycles. The Balaban J connectivity index is 1.28. The molecule has 0 fully saturated rings. The van der Waals surface area contributed by atoms with E-state index in [1.54, 1.807) is 36.8 Å². The summed E-state index contributed by atoms with van der Waals surface area (Å²) in [6, 6.07) is 26.2. The number of carbonyl (C=O) groups is 1. The molecular weight excluding hydrogens is 448 g/mol. The molecular formula is C29H22N6O. The first-order chi connectivity index (χ1) is 17.6. The summed E-state index contributed by atoms with van der Waals surface area (Å²) >= 11 is 0. The highest BCUT2D eigenvalue weighted by atomic mass is 16.1. The molecule has 36 heavy (non-hydrogen) atoms. The minimum absolute atomic E-state index is 0.187. The van der Waals surface area contributed by atoms with E-state index in [0.29, 0.717) is 11.1 Å². The van der Waals surface area contributed by atoms with Gasteiger partial charge in [-0.15, -0.1) is 0 Å². The number of amides is 1. The van der Waals surface area contributed by atoms with Crippen molar-refractivity contribution in [3.05, 3.63) is 114 Å². The van der Waals surface area contributed by atoms with Gasteiger partial charge in [0.1, 0.15) is 0 Å². The van der Waals surface area contributed by atoms with E-state index in [9.17, 15) is 10.1 Å². The highest BCUT2D eigenvalue weighted by Gasteiger charge is 2.10. The normalized spacial score (nSPS) is 10.4. The lowest BCUT2D eigenvalue weighted by molar-refractivity contribution is 0.102. The van der Waals surface area contributed by atoms with Crippen LogP contribution in [0.2, 0.25) is 0 Å². The zero-order valence-corrected chi connectivity index (χ0v) is 19.5. The van der Waals surface area contributed by atoms with Gasteiger partial charge < -0.3 is 16.0 Å². The Morgan fingerprint density at radius 1 is 0.778 bits per heavy atom. The lowest BCUT2D eigenvalue weighted by Gasteiger charge is -2.13. The number of pyridine rings is 2. The van der Waals surface area contributed by atoms with Crippen LogP contribution in [0.25, 0.3) is 10.9 Å². The molecule has 3 aromatic carbocycles. The van der Waals surface area contributed by atoms with Crippen LogP contribution in [-0.4, -0.2) is 15.9 Å². The number of aryl methyl sites for hydroxylation is 1. The summed E-state index contributed by atoms with van der Waals surface area (Å²) < 4.78 is 0. The molecule has 5 aromatic rings. The van der Waals surface area contributed by atoms with E-state index in [1.807, 2.05) is 67.6 Å². The number of nitriles is 1. The van der Waals surface area contributed by atoms with Crippen LogP contribution in [0, 0.1) is 18.3 Å². The van der Waals surface area contributed by atoms with Crippen LogP contribution < -0.4 is 16.0 Å². The number of rotatable bonds is 6. The molecule has 0 unspecified atom stereocenters. The highest BCUT2D eigenvalue weighted by Crippen LogP contribution is 2.27. The molecule has 0 aliphatic rings. The van der Waals surface area contributed by atoms with Crippen molar-refractivity contribution in [2.24, 2.45) is 0 Å². The van der Waals surface area contributed by atoms with Gasteiger partial charge in [-0.25, -0.2) is 0 Å². The molecule has 5 rings (SSSR count). The minimum atomic E-state index is -0.187. The summed E-state index contributed by atoms with van der Waals surface area (Å²) in [5.41, 5.74) is 7.15. The average molecular weight is 471 g/mol. The molecule has 0 bridgehead atoms. The summed E-state index contributed by atoms with van der Waals surface area (Å²) in [5, 5.41) is 19.7.